The fourth-order valence-corrected chi connectivity index (χ4v) is 6.89. The summed E-state index contributed by atoms with van der Waals surface area (Å²) in [5.74, 6) is 0.0526. The van der Waals surface area contributed by atoms with Crippen molar-refractivity contribution in [2.75, 3.05) is 13.1 Å². The Morgan fingerprint density at radius 2 is 1.51 bits per heavy atom. The van der Waals surface area contributed by atoms with E-state index >= 15 is 0 Å². The van der Waals surface area contributed by atoms with Gasteiger partial charge < -0.3 is 19.3 Å². The lowest BCUT2D eigenvalue weighted by Gasteiger charge is -2.40. The molecule has 1 amide bonds. The first-order valence-electron chi connectivity index (χ1n) is 17.7. The van der Waals surface area contributed by atoms with Gasteiger partial charge in [0.15, 0.2) is 5.60 Å². The van der Waals surface area contributed by atoms with Gasteiger partial charge in [-0.3, -0.25) is 9.69 Å². The predicted octanol–water partition coefficient (Wildman–Crippen LogP) is 8.35. The molecule has 1 saturated carbocycles. The van der Waals surface area contributed by atoms with Crippen LogP contribution in [-0.2, 0) is 27.4 Å². The molecule has 1 saturated heterocycles. The maximum atomic E-state index is 15.0. The van der Waals surface area contributed by atoms with Gasteiger partial charge >= 0.3 is 6.16 Å². The van der Waals surface area contributed by atoms with Crippen LogP contribution in [0.25, 0.3) is 34.0 Å². The van der Waals surface area contributed by atoms with Crippen LogP contribution in [0.15, 0.2) is 108 Å². The number of halogens is 1. The molecule has 0 radical (unpaired) electrons. The molecule has 1 N–H and O–H groups in total. The average molecular weight is 689 g/mol. The van der Waals surface area contributed by atoms with E-state index in [-0.39, 0.29) is 30.3 Å². The van der Waals surface area contributed by atoms with Crippen LogP contribution >= 0.6 is 0 Å². The normalized spacial score (nSPS) is 16.3. The van der Waals surface area contributed by atoms with Gasteiger partial charge in [-0.15, -0.1) is 0 Å². The molecule has 1 aromatic heterocycles. The molecule has 10 heteroatoms. The Kier molecular flexibility index (Phi) is 10.5. The van der Waals surface area contributed by atoms with Gasteiger partial charge in [-0.1, -0.05) is 115 Å². The maximum absolute atomic E-state index is 15.0. The zero-order valence-corrected chi connectivity index (χ0v) is 28.4. The summed E-state index contributed by atoms with van der Waals surface area (Å²) in [5, 5.41) is 7.33. The molecular weight excluding hydrogens is 647 g/mol. The fourth-order valence-electron chi connectivity index (χ4n) is 6.89. The smallest absolute Gasteiger partial charge is 0.429 e. The quantitative estimate of drug-likeness (QED) is 0.146. The van der Waals surface area contributed by atoms with E-state index in [4.69, 9.17) is 14.0 Å². The standard InChI is InChI=1S/C41H41FN4O5/c42-36-26-33(20-21-35(36)31-12-6-2-7-13-31)38-44-37(45-51-38)32-18-16-29(17-19-32)27-46-24-22-41(23-25-46,39(47)43-34-14-8-3-9-15-34)50-40(48)49-28-30-10-4-1-5-11-30/h1-2,4-7,10-13,16-21,26,34H,3,8-9,14-15,22-25,27-28H2,(H,43,47). The van der Waals surface area contributed by atoms with Crippen LogP contribution in [0.3, 0.4) is 0 Å². The Morgan fingerprint density at radius 3 is 2.22 bits per heavy atom. The summed E-state index contributed by atoms with van der Waals surface area (Å²) in [5.41, 5.74) is 3.21. The summed E-state index contributed by atoms with van der Waals surface area (Å²) in [6, 6.07) is 31.7. The molecule has 0 unspecified atom stereocenters. The number of likely N-dealkylation sites (tertiary alicyclic amines) is 1. The molecule has 0 spiro atoms. The second-order valence-corrected chi connectivity index (χ2v) is 13.4. The number of piperidine rings is 1. The molecule has 4 aromatic carbocycles. The van der Waals surface area contributed by atoms with Crippen molar-refractivity contribution in [2.45, 2.75) is 69.7 Å². The minimum Gasteiger partial charge on any atom is -0.429 e. The summed E-state index contributed by atoms with van der Waals surface area (Å²) in [7, 11) is 0. The molecule has 7 rings (SSSR count). The molecular formula is C41H41FN4O5. The van der Waals surface area contributed by atoms with Crippen molar-refractivity contribution < 1.29 is 28.0 Å². The summed E-state index contributed by atoms with van der Waals surface area (Å²) in [6.45, 7) is 1.87. The van der Waals surface area contributed by atoms with E-state index in [1.807, 2.05) is 84.9 Å². The van der Waals surface area contributed by atoms with Crippen LogP contribution in [0.4, 0.5) is 9.18 Å². The lowest BCUT2D eigenvalue weighted by molar-refractivity contribution is -0.150. The van der Waals surface area contributed by atoms with Crippen LogP contribution in [0.1, 0.15) is 56.1 Å². The monoisotopic (exact) mass is 688 g/mol. The van der Waals surface area contributed by atoms with Crippen molar-refractivity contribution in [1.29, 1.82) is 0 Å². The van der Waals surface area contributed by atoms with Crippen molar-refractivity contribution in [2.24, 2.45) is 0 Å². The SMILES string of the molecule is O=C(OCc1ccccc1)OC1(C(=O)NC2CCCCC2)CCN(Cc2ccc(-c3noc(-c4ccc(-c5ccccc5)c(F)c4)n3)cc2)CC1. The van der Waals surface area contributed by atoms with Crippen molar-refractivity contribution >= 4 is 12.1 Å². The van der Waals surface area contributed by atoms with E-state index in [0.29, 0.717) is 49.4 Å². The Labute approximate surface area is 296 Å². The third kappa shape index (κ3) is 8.35. The fraction of sp³-hybridized carbons (Fsp3) is 0.317. The van der Waals surface area contributed by atoms with Gasteiger partial charge in [-0.25, -0.2) is 9.18 Å². The number of benzene rings is 4. The van der Waals surface area contributed by atoms with Crippen molar-refractivity contribution in [3.05, 3.63) is 120 Å². The highest BCUT2D eigenvalue weighted by molar-refractivity contribution is 5.87. The summed E-state index contributed by atoms with van der Waals surface area (Å²) >= 11 is 0. The molecule has 2 fully saturated rings. The van der Waals surface area contributed by atoms with E-state index in [9.17, 15) is 14.0 Å². The first kappa shape index (κ1) is 34.1. The van der Waals surface area contributed by atoms with Crippen LogP contribution in [0.5, 0.6) is 0 Å². The average Bonchev–Trinajstić information content (AvgIpc) is 3.67. The number of nitrogens with zero attached hydrogens (tertiary/aromatic N) is 3. The minimum atomic E-state index is -1.29. The summed E-state index contributed by atoms with van der Waals surface area (Å²) in [4.78, 5) is 33.4. The van der Waals surface area contributed by atoms with E-state index in [2.05, 4.69) is 20.4 Å². The number of amides is 1. The molecule has 9 nitrogen and oxygen atoms in total. The van der Waals surface area contributed by atoms with Gasteiger partial charge in [0, 0.05) is 55.2 Å². The zero-order valence-electron chi connectivity index (χ0n) is 28.4. The predicted molar refractivity (Wildman–Crippen MR) is 191 cm³/mol. The van der Waals surface area contributed by atoms with E-state index in [1.165, 1.54) is 12.5 Å². The van der Waals surface area contributed by atoms with Gasteiger partial charge in [-0.05, 0) is 41.7 Å². The topological polar surface area (TPSA) is 107 Å². The lowest BCUT2D eigenvalue weighted by atomic mass is 9.88. The number of ether oxygens (including phenoxy) is 2. The van der Waals surface area contributed by atoms with E-state index in [0.717, 1.165) is 47.9 Å². The number of carbonyl (C=O) groups is 2. The number of rotatable bonds is 10. The third-order valence-electron chi connectivity index (χ3n) is 9.84. The molecule has 1 aliphatic heterocycles. The van der Waals surface area contributed by atoms with Gasteiger partial charge in [0.25, 0.3) is 11.8 Å². The molecule has 51 heavy (non-hydrogen) atoms. The third-order valence-corrected chi connectivity index (χ3v) is 9.84. The van der Waals surface area contributed by atoms with Crippen LogP contribution in [0.2, 0.25) is 0 Å². The van der Waals surface area contributed by atoms with Gasteiger partial charge in [0.05, 0.1) is 0 Å². The number of nitrogens with one attached hydrogen (secondary N) is 1. The first-order valence-corrected chi connectivity index (χ1v) is 17.7. The Hall–Kier alpha value is -5.35. The molecule has 2 heterocycles. The number of carbonyl (C=O) groups excluding carboxylic acids is 2. The van der Waals surface area contributed by atoms with E-state index < -0.39 is 11.8 Å². The molecule has 262 valence electrons. The Bertz CT molecular complexity index is 1920. The van der Waals surface area contributed by atoms with Gasteiger partial charge in [-0.2, -0.15) is 4.98 Å². The minimum absolute atomic E-state index is 0.0771. The number of aromatic nitrogens is 2. The van der Waals surface area contributed by atoms with Crippen molar-refractivity contribution in [3.63, 3.8) is 0 Å². The molecule has 0 atom stereocenters. The Balaban J connectivity index is 0.970. The molecule has 1 aliphatic carbocycles. The second-order valence-electron chi connectivity index (χ2n) is 13.4. The second kappa shape index (κ2) is 15.7. The summed E-state index contributed by atoms with van der Waals surface area (Å²) in [6.07, 6.45) is 5.12. The van der Waals surface area contributed by atoms with Crippen molar-refractivity contribution in [1.82, 2.24) is 20.4 Å². The van der Waals surface area contributed by atoms with Crippen LogP contribution < -0.4 is 5.32 Å². The first-order chi connectivity index (χ1) is 24.9. The lowest BCUT2D eigenvalue weighted by Crippen LogP contribution is -2.57. The van der Waals surface area contributed by atoms with Crippen molar-refractivity contribution in [3.8, 4) is 34.0 Å². The van der Waals surface area contributed by atoms with Crippen LogP contribution in [0, 0.1) is 5.82 Å². The molecule has 5 aromatic rings. The molecule has 2 aliphatic rings. The highest BCUT2D eigenvalue weighted by Gasteiger charge is 2.46. The van der Waals surface area contributed by atoms with E-state index in [1.54, 1.807) is 12.1 Å². The maximum Gasteiger partial charge on any atom is 0.509 e. The Morgan fingerprint density at radius 1 is 0.824 bits per heavy atom. The highest BCUT2D eigenvalue weighted by atomic mass is 19.1. The largest absolute Gasteiger partial charge is 0.509 e. The highest BCUT2D eigenvalue weighted by Crippen LogP contribution is 2.31. The number of hydrogen-bond donors (Lipinski definition) is 1. The van der Waals surface area contributed by atoms with Crippen LogP contribution in [-0.4, -0.2) is 51.8 Å². The zero-order chi connectivity index (χ0) is 35.0. The molecule has 0 bridgehead atoms. The van der Waals surface area contributed by atoms with Gasteiger partial charge in [0.2, 0.25) is 5.82 Å². The summed E-state index contributed by atoms with van der Waals surface area (Å²) < 4.78 is 31.8. The van der Waals surface area contributed by atoms with Gasteiger partial charge in [0.1, 0.15) is 12.4 Å². The number of hydrogen-bond acceptors (Lipinski definition) is 8.